The van der Waals surface area contributed by atoms with Crippen LogP contribution in [-0.4, -0.2) is 30.1 Å². The van der Waals surface area contributed by atoms with Crippen LogP contribution in [0.2, 0.25) is 6.04 Å². The molecule has 2 aliphatic carbocycles. The monoisotopic (exact) mass is 426 g/mol. The molecule has 29 heavy (non-hydrogen) atoms. The number of hydrogen-bond donors (Lipinski definition) is 0. The van der Waals surface area contributed by atoms with E-state index >= 15 is 0 Å². The Morgan fingerprint density at radius 2 is 1.34 bits per heavy atom. The summed E-state index contributed by atoms with van der Waals surface area (Å²) in [5, 5.41) is 0. The van der Waals surface area contributed by atoms with Gasteiger partial charge in [0, 0.05) is 27.4 Å². The Bertz CT molecular complexity index is 629. The topological polar surface area (TPSA) is 27.7 Å². The van der Waals surface area contributed by atoms with Crippen molar-refractivity contribution in [2.45, 2.75) is 69.7 Å². The minimum absolute atomic E-state index is 0.382. The summed E-state index contributed by atoms with van der Waals surface area (Å²) in [6, 6.07) is 5.32. The average Bonchev–Trinajstić information content (AvgIpc) is 2.77. The van der Waals surface area contributed by atoms with Crippen LogP contribution in [0.25, 0.3) is 0 Å². The molecule has 0 aromatic heterocycles. The van der Waals surface area contributed by atoms with E-state index in [1.165, 1.54) is 50.7 Å². The maximum absolute atomic E-state index is 13.5. The van der Waals surface area contributed by atoms with Crippen molar-refractivity contribution in [1.29, 1.82) is 0 Å². The standard InChI is InChI=1S/C23H36F2O3Si/c1-26-29(27-2,28-3)15-14-17-4-6-18(7-5-17)19-8-10-20(11-9-19)21-12-13-22(24)23(25)16-21/h12-13,16-20H,4-11,14-15H2,1-3H3. The first-order valence-electron chi connectivity index (χ1n) is 11.1. The van der Waals surface area contributed by atoms with E-state index in [1.54, 1.807) is 27.4 Å². The molecule has 0 radical (unpaired) electrons. The molecule has 0 spiro atoms. The van der Waals surface area contributed by atoms with E-state index < -0.39 is 20.4 Å². The third-order valence-corrected chi connectivity index (χ3v) is 10.3. The van der Waals surface area contributed by atoms with Crippen LogP contribution in [0.5, 0.6) is 0 Å². The van der Waals surface area contributed by atoms with Crippen molar-refractivity contribution < 1.29 is 22.1 Å². The summed E-state index contributed by atoms with van der Waals surface area (Å²) in [5.41, 5.74) is 0.966. The highest BCUT2D eigenvalue weighted by Gasteiger charge is 2.39. The molecule has 1 aromatic rings. The Labute approximate surface area is 175 Å². The Hall–Kier alpha value is -0.823. The van der Waals surface area contributed by atoms with E-state index in [9.17, 15) is 8.78 Å². The quantitative estimate of drug-likeness (QED) is 0.456. The molecule has 2 aliphatic rings. The van der Waals surface area contributed by atoms with Gasteiger partial charge in [-0.2, -0.15) is 0 Å². The third-order valence-electron chi connectivity index (χ3n) is 7.54. The first-order chi connectivity index (χ1) is 14.0. The summed E-state index contributed by atoms with van der Waals surface area (Å²) in [6.07, 6.45) is 10.9. The van der Waals surface area contributed by atoms with Crippen LogP contribution in [0.1, 0.15) is 69.3 Å². The molecule has 1 aromatic carbocycles. The van der Waals surface area contributed by atoms with Crippen LogP contribution in [0.3, 0.4) is 0 Å². The smallest absolute Gasteiger partial charge is 0.377 e. The van der Waals surface area contributed by atoms with Crippen LogP contribution in [-0.2, 0) is 13.3 Å². The first kappa shape index (κ1) is 22.9. The molecule has 3 nitrogen and oxygen atoms in total. The molecule has 164 valence electrons. The Balaban J connectivity index is 1.42. The predicted octanol–water partition coefficient (Wildman–Crippen LogP) is 6.31. The molecule has 0 unspecified atom stereocenters. The van der Waals surface area contributed by atoms with Gasteiger partial charge in [0.05, 0.1) is 0 Å². The van der Waals surface area contributed by atoms with E-state index in [4.69, 9.17) is 13.3 Å². The summed E-state index contributed by atoms with van der Waals surface area (Å²) >= 11 is 0. The van der Waals surface area contributed by atoms with E-state index in [0.717, 1.165) is 48.6 Å². The van der Waals surface area contributed by atoms with Gasteiger partial charge in [0.1, 0.15) is 0 Å². The highest BCUT2D eigenvalue weighted by molar-refractivity contribution is 6.60. The van der Waals surface area contributed by atoms with Crippen LogP contribution >= 0.6 is 0 Å². The van der Waals surface area contributed by atoms with Crippen LogP contribution in [0.4, 0.5) is 8.78 Å². The Kier molecular flexibility index (Phi) is 8.25. The number of benzene rings is 1. The van der Waals surface area contributed by atoms with E-state index in [1.807, 2.05) is 0 Å². The highest BCUT2D eigenvalue weighted by atomic mass is 28.4. The highest BCUT2D eigenvalue weighted by Crippen LogP contribution is 2.44. The van der Waals surface area contributed by atoms with Gasteiger partial charge >= 0.3 is 8.80 Å². The van der Waals surface area contributed by atoms with Gasteiger partial charge in [-0.25, -0.2) is 8.78 Å². The molecule has 0 bridgehead atoms. The van der Waals surface area contributed by atoms with E-state index in [0.29, 0.717) is 5.92 Å². The molecule has 0 N–H and O–H groups in total. The summed E-state index contributed by atoms with van der Waals surface area (Å²) in [5.74, 6) is 1.28. The molecule has 0 saturated heterocycles. The third kappa shape index (κ3) is 5.66. The first-order valence-corrected chi connectivity index (χ1v) is 13.0. The molecule has 0 heterocycles. The number of halogens is 2. The van der Waals surface area contributed by atoms with Gasteiger partial charge in [0.2, 0.25) is 0 Å². The number of hydrogen-bond acceptors (Lipinski definition) is 3. The predicted molar refractivity (Wildman–Crippen MR) is 113 cm³/mol. The van der Waals surface area contributed by atoms with Gasteiger partial charge in [-0.3, -0.25) is 0 Å². The van der Waals surface area contributed by atoms with E-state index in [2.05, 4.69) is 0 Å². The van der Waals surface area contributed by atoms with Crippen molar-refractivity contribution in [1.82, 2.24) is 0 Å². The van der Waals surface area contributed by atoms with Crippen LogP contribution < -0.4 is 0 Å². The van der Waals surface area contributed by atoms with Gasteiger partial charge < -0.3 is 13.3 Å². The lowest BCUT2D eigenvalue weighted by Crippen LogP contribution is -2.43. The summed E-state index contributed by atoms with van der Waals surface area (Å²) in [6.45, 7) is 0. The molecule has 3 rings (SSSR count). The molecule has 2 saturated carbocycles. The maximum Gasteiger partial charge on any atom is 0.500 e. The summed E-state index contributed by atoms with van der Waals surface area (Å²) in [7, 11) is 2.61. The zero-order valence-electron chi connectivity index (χ0n) is 18.1. The van der Waals surface area contributed by atoms with Crippen LogP contribution in [0.15, 0.2) is 18.2 Å². The van der Waals surface area contributed by atoms with Gasteiger partial charge in [-0.15, -0.1) is 0 Å². The van der Waals surface area contributed by atoms with Gasteiger partial charge in [0.25, 0.3) is 0 Å². The minimum atomic E-state index is -2.45. The lowest BCUT2D eigenvalue weighted by atomic mass is 9.68. The zero-order chi connectivity index (χ0) is 20.9. The van der Waals surface area contributed by atoms with Crippen molar-refractivity contribution in [2.75, 3.05) is 21.3 Å². The lowest BCUT2D eigenvalue weighted by Gasteiger charge is -2.38. The number of rotatable bonds is 8. The van der Waals surface area contributed by atoms with Gasteiger partial charge in [-0.1, -0.05) is 18.9 Å². The van der Waals surface area contributed by atoms with Crippen molar-refractivity contribution in [3.63, 3.8) is 0 Å². The van der Waals surface area contributed by atoms with Gasteiger partial charge in [0.15, 0.2) is 11.6 Å². The van der Waals surface area contributed by atoms with Crippen molar-refractivity contribution >= 4 is 8.80 Å². The molecule has 0 amide bonds. The zero-order valence-corrected chi connectivity index (χ0v) is 19.1. The normalized spacial score (nSPS) is 28.4. The van der Waals surface area contributed by atoms with Crippen molar-refractivity contribution in [2.24, 2.45) is 17.8 Å². The second-order valence-electron chi connectivity index (χ2n) is 8.90. The Morgan fingerprint density at radius 3 is 1.86 bits per heavy atom. The maximum atomic E-state index is 13.5. The largest absolute Gasteiger partial charge is 0.500 e. The second-order valence-corrected chi connectivity index (χ2v) is 12.0. The molecule has 0 aliphatic heterocycles. The van der Waals surface area contributed by atoms with E-state index in [-0.39, 0.29) is 0 Å². The lowest BCUT2D eigenvalue weighted by molar-refractivity contribution is 0.116. The average molecular weight is 427 g/mol. The summed E-state index contributed by atoms with van der Waals surface area (Å²) in [4.78, 5) is 0. The fraction of sp³-hybridized carbons (Fsp3) is 0.739. The minimum Gasteiger partial charge on any atom is -0.377 e. The van der Waals surface area contributed by atoms with Crippen LogP contribution in [0, 0.1) is 29.4 Å². The molecular formula is C23H36F2O3Si. The second kappa shape index (κ2) is 10.5. The molecule has 2 fully saturated rings. The molecular weight excluding hydrogens is 390 g/mol. The van der Waals surface area contributed by atoms with Gasteiger partial charge in [-0.05, 0) is 86.3 Å². The fourth-order valence-electron chi connectivity index (χ4n) is 5.58. The van der Waals surface area contributed by atoms with Crippen molar-refractivity contribution in [3.05, 3.63) is 35.4 Å². The van der Waals surface area contributed by atoms with Crippen molar-refractivity contribution in [3.8, 4) is 0 Å². The molecule has 0 atom stereocenters. The summed E-state index contributed by atoms with van der Waals surface area (Å²) < 4.78 is 43.4. The Morgan fingerprint density at radius 1 is 0.793 bits per heavy atom. The SMILES string of the molecule is CO[Si](CCC1CCC(C2CCC(c3ccc(F)c(F)c3)CC2)CC1)(OC)OC. The fourth-order valence-corrected chi connectivity index (χ4v) is 7.45. The molecule has 6 heteroatoms.